The molecule has 0 spiro atoms. The SMILES string of the molecule is O=C(CNC(=O)OCc1ccccc1)Nc1cccc(S(=O)(=O)Nc2ccc(Cl)cc2)c1. The molecule has 3 aromatic rings. The molecule has 3 aromatic carbocycles. The lowest BCUT2D eigenvalue weighted by Crippen LogP contribution is -2.33. The molecular formula is C22H20ClN3O5S. The van der Waals surface area contributed by atoms with E-state index >= 15 is 0 Å². The molecule has 0 bridgehead atoms. The summed E-state index contributed by atoms with van der Waals surface area (Å²) >= 11 is 5.81. The fraction of sp³-hybridized carbons (Fsp3) is 0.0909. The third kappa shape index (κ3) is 7.00. The maximum absolute atomic E-state index is 12.6. The zero-order valence-electron chi connectivity index (χ0n) is 16.7. The molecule has 166 valence electrons. The Morgan fingerprint density at radius 2 is 1.59 bits per heavy atom. The lowest BCUT2D eigenvalue weighted by atomic mass is 10.2. The van der Waals surface area contributed by atoms with Crippen molar-refractivity contribution in [1.82, 2.24) is 5.32 Å². The number of carbonyl (C=O) groups is 2. The van der Waals surface area contributed by atoms with Gasteiger partial charge in [0.15, 0.2) is 0 Å². The number of halogens is 1. The van der Waals surface area contributed by atoms with Crippen LogP contribution in [0.3, 0.4) is 0 Å². The van der Waals surface area contributed by atoms with Crippen LogP contribution in [0, 0.1) is 0 Å². The monoisotopic (exact) mass is 473 g/mol. The van der Waals surface area contributed by atoms with E-state index in [9.17, 15) is 18.0 Å². The Morgan fingerprint density at radius 3 is 2.31 bits per heavy atom. The molecule has 0 saturated carbocycles. The van der Waals surface area contributed by atoms with Crippen molar-refractivity contribution in [1.29, 1.82) is 0 Å². The van der Waals surface area contributed by atoms with Crippen molar-refractivity contribution in [3.8, 4) is 0 Å². The summed E-state index contributed by atoms with van der Waals surface area (Å²) in [5.41, 5.74) is 1.42. The Balaban J connectivity index is 1.52. The van der Waals surface area contributed by atoms with E-state index in [0.717, 1.165) is 5.56 Å². The molecule has 0 aliphatic heterocycles. The van der Waals surface area contributed by atoms with Gasteiger partial charge in [-0.15, -0.1) is 0 Å². The third-order valence-electron chi connectivity index (χ3n) is 4.13. The number of hydrogen-bond acceptors (Lipinski definition) is 5. The van der Waals surface area contributed by atoms with E-state index in [-0.39, 0.29) is 23.7 Å². The quantitative estimate of drug-likeness (QED) is 0.457. The highest BCUT2D eigenvalue weighted by Gasteiger charge is 2.15. The zero-order valence-corrected chi connectivity index (χ0v) is 18.3. The summed E-state index contributed by atoms with van der Waals surface area (Å²) in [5, 5.41) is 5.36. The number of anilines is 2. The van der Waals surface area contributed by atoms with E-state index in [0.29, 0.717) is 10.7 Å². The number of alkyl carbamates (subject to hydrolysis) is 1. The summed E-state index contributed by atoms with van der Waals surface area (Å²) in [5.74, 6) is -0.540. The number of sulfonamides is 1. The second-order valence-corrected chi connectivity index (χ2v) is 8.72. The standard InChI is InChI=1S/C22H20ClN3O5S/c23-17-9-11-18(12-10-17)26-32(29,30)20-8-4-7-19(13-20)25-21(27)14-24-22(28)31-15-16-5-2-1-3-6-16/h1-13,26H,14-15H2,(H,24,28)(H,25,27). The van der Waals surface area contributed by atoms with Crippen LogP contribution >= 0.6 is 11.6 Å². The number of carbonyl (C=O) groups excluding carboxylic acids is 2. The molecule has 0 aliphatic carbocycles. The lowest BCUT2D eigenvalue weighted by molar-refractivity contribution is -0.115. The number of amides is 2. The molecule has 8 nitrogen and oxygen atoms in total. The van der Waals surface area contributed by atoms with Crippen LogP contribution < -0.4 is 15.4 Å². The molecule has 0 aromatic heterocycles. The predicted molar refractivity (Wildman–Crippen MR) is 122 cm³/mol. The molecule has 3 N–H and O–H groups in total. The minimum absolute atomic E-state index is 0.0412. The van der Waals surface area contributed by atoms with E-state index in [1.165, 1.54) is 36.4 Å². The van der Waals surface area contributed by atoms with Gasteiger partial charge in [-0.3, -0.25) is 9.52 Å². The molecule has 2 amide bonds. The number of rotatable bonds is 8. The molecule has 0 atom stereocenters. The predicted octanol–water partition coefficient (Wildman–Crippen LogP) is 4.01. The number of ether oxygens (including phenoxy) is 1. The second-order valence-electron chi connectivity index (χ2n) is 6.60. The van der Waals surface area contributed by atoms with Gasteiger partial charge in [-0.2, -0.15) is 0 Å². The maximum Gasteiger partial charge on any atom is 0.407 e. The third-order valence-corrected chi connectivity index (χ3v) is 5.76. The van der Waals surface area contributed by atoms with Gasteiger partial charge in [-0.1, -0.05) is 48.0 Å². The summed E-state index contributed by atoms with van der Waals surface area (Å²) in [6, 6.07) is 21.0. The van der Waals surface area contributed by atoms with Crippen LogP contribution in [0.5, 0.6) is 0 Å². The molecular weight excluding hydrogens is 454 g/mol. The average Bonchev–Trinajstić information content (AvgIpc) is 2.78. The normalized spacial score (nSPS) is 10.8. The average molecular weight is 474 g/mol. The van der Waals surface area contributed by atoms with Gasteiger partial charge >= 0.3 is 6.09 Å². The molecule has 10 heteroatoms. The highest BCUT2D eigenvalue weighted by Crippen LogP contribution is 2.20. The van der Waals surface area contributed by atoms with Crippen LogP contribution in [0.25, 0.3) is 0 Å². The first-order valence-electron chi connectivity index (χ1n) is 9.45. The Kier molecular flexibility index (Phi) is 7.69. The van der Waals surface area contributed by atoms with Crippen LogP contribution in [0.4, 0.5) is 16.2 Å². The summed E-state index contributed by atoms with van der Waals surface area (Å²) in [7, 11) is -3.88. The van der Waals surface area contributed by atoms with Crippen LogP contribution in [0.2, 0.25) is 5.02 Å². The zero-order chi connectivity index (χ0) is 23.0. The first-order valence-corrected chi connectivity index (χ1v) is 11.3. The fourth-order valence-corrected chi connectivity index (χ4v) is 3.83. The summed E-state index contributed by atoms with van der Waals surface area (Å²) < 4.78 is 32.7. The smallest absolute Gasteiger partial charge is 0.407 e. The van der Waals surface area contributed by atoms with E-state index in [1.807, 2.05) is 30.3 Å². The van der Waals surface area contributed by atoms with Crippen LogP contribution in [0.15, 0.2) is 83.8 Å². The highest BCUT2D eigenvalue weighted by atomic mass is 35.5. The van der Waals surface area contributed by atoms with Crippen LogP contribution in [0.1, 0.15) is 5.56 Å². The minimum Gasteiger partial charge on any atom is -0.445 e. The van der Waals surface area contributed by atoms with Crippen molar-refractivity contribution in [3.05, 3.63) is 89.4 Å². The van der Waals surface area contributed by atoms with Crippen molar-refractivity contribution in [2.75, 3.05) is 16.6 Å². The fourth-order valence-electron chi connectivity index (χ4n) is 2.60. The first kappa shape index (κ1) is 23.1. The Labute approximate surface area is 190 Å². The van der Waals surface area contributed by atoms with Crippen molar-refractivity contribution in [2.45, 2.75) is 11.5 Å². The van der Waals surface area contributed by atoms with Gasteiger partial charge in [-0.05, 0) is 48.0 Å². The molecule has 0 unspecified atom stereocenters. The van der Waals surface area contributed by atoms with Gasteiger partial charge in [0.1, 0.15) is 13.2 Å². The van der Waals surface area contributed by atoms with Crippen molar-refractivity contribution < 1.29 is 22.7 Å². The summed E-state index contributed by atoms with van der Waals surface area (Å²) in [6.07, 6.45) is -0.743. The Hall–Kier alpha value is -3.56. The van der Waals surface area contributed by atoms with E-state index in [2.05, 4.69) is 15.4 Å². The van der Waals surface area contributed by atoms with Gasteiger partial charge in [0.25, 0.3) is 10.0 Å². The van der Waals surface area contributed by atoms with Crippen molar-refractivity contribution >= 4 is 45.0 Å². The topological polar surface area (TPSA) is 114 Å². The van der Waals surface area contributed by atoms with E-state index in [4.69, 9.17) is 16.3 Å². The molecule has 0 radical (unpaired) electrons. The van der Waals surface area contributed by atoms with Crippen molar-refractivity contribution in [2.24, 2.45) is 0 Å². The molecule has 0 heterocycles. The van der Waals surface area contributed by atoms with Gasteiger partial charge in [0.05, 0.1) is 4.90 Å². The largest absolute Gasteiger partial charge is 0.445 e. The Bertz CT molecular complexity index is 1190. The van der Waals surface area contributed by atoms with Crippen LogP contribution in [-0.2, 0) is 26.2 Å². The Morgan fingerprint density at radius 1 is 0.875 bits per heavy atom. The van der Waals surface area contributed by atoms with E-state index < -0.39 is 22.0 Å². The number of hydrogen-bond donors (Lipinski definition) is 3. The number of benzene rings is 3. The lowest BCUT2D eigenvalue weighted by Gasteiger charge is -2.11. The molecule has 0 fully saturated rings. The van der Waals surface area contributed by atoms with Gasteiger partial charge in [0.2, 0.25) is 5.91 Å². The van der Waals surface area contributed by atoms with Gasteiger partial charge in [-0.25, -0.2) is 13.2 Å². The van der Waals surface area contributed by atoms with Crippen LogP contribution in [-0.4, -0.2) is 27.0 Å². The molecule has 0 saturated heterocycles. The number of nitrogens with one attached hydrogen (secondary N) is 3. The molecule has 32 heavy (non-hydrogen) atoms. The molecule has 0 aliphatic rings. The van der Waals surface area contributed by atoms with Gasteiger partial charge < -0.3 is 15.4 Å². The second kappa shape index (κ2) is 10.7. The molecule has 3 rings (SSSR count). The van der Waals surface area contributed by atoms with E-state index in [1.54, 1.807) is 12.1 Å². The van der Waals surface area contributed by atoms with Gasteiger partial charge in [0, 0.05) is 16.4 Å². The summed E-state index contributed by atoms with van der Waals surface area (Å²) in [4.78, 5) is 23.8. The first-order chi connectivity index (χ1) is 15.3. The minimum atomic E-state index is -3.88. The maximum atomic E-state index is 12.6. The van der Waals surface area contributed by atoms with Crippen molar-refractivity contribution in [3.63, 3.8) is 0 Å². The highest BCUT2D eigenvalue weighted by molar-refractivity contribution is 7.92. The summed E-state index contributed by atoms with van der Waals surface area (Å²) in [6.45, 7) is -0.261.